The van der Waals surface area contributed by atoms with Crippen LogP contribution in [0.15, 0.2) is 0 Å². The Hall–Kier alpha value is -0.0300. The second-order valence-electron chi connectivity index (χ2n) is 4.56. The van der Waals surface area contributed by atoms with Crippen LogP contribution in [0, 0.1) is 5.41 Å². The molecule has 0 aromatic heterocycles. The maximum absolute atomic E-state index is 11.7. The molecule has 2 rings (SSSR count). The highest BCUT2D eigenvalue weighted by Crippen LogP contribution is 2.63. The number of nitrogens with one attached hydrogen (secondary N) is 1. The SMILES string of the molecule is C[C@@]1(C(=O)NO[C@@H]2CCCCO2)CC1(Cl)Cl. The molecule has 2 atom stereocenters. The van der Waals surface area contributed by atoms with E-state index in [4.69, 9.17) is 32.8 Å². The van der Waals surface area contributed by atoms with Crippen molar-refractivity contribution in [1.29, 1.82) is 0 Å². The summed E-state index contributed by atoms with van der Waals surface area (Å²) in [5.74, 6) is -0.285. The molecule has 0 unspecified atom stereocenters. The van der Waals surface area contributed by atoms with Gasteiger partial charge in [0.15, 0.2) is 6.29 Å². The van der Waals surface area contributed by atoms with Gasteiger partial charge in [0.25, 0.3) is 5.91 Å². The van der Waals surface area contributed by atoms with E-state index in [1.807, 2.05) is 0 Å². The van der Waals surface area contributed by atoms with Crippen LogP contribution in [0.2, 0.25) is 0 Å². The minimum absolute atomic E-state index is 0.285. The summed E-state index contributed by atoms with van der Waals surface area (Å²) in [6, 6.07) is 0. The first-order valence-electron chi connectivity index (χ1n) is 5.41. The van der Waals surface area contributed by atoms with Crippen molar-refractivity contribution in [1.82, 2.24) is 5.48 Å². The first-order valence-corrected chi connectivity index (χ1v) is 6.17. The van der Waals surface area contributed by atoms with Crippen LogP contribution in [0.3, 0.4) is 0 Å². The van der Waals surface area contributed by atoms with Crippen molar-refractivity contribution in [2.75, 3.05) is 6.61 Å². The highest BCUT2D eigenvalue weighted by molar-refractivity contribution is 6.53. The number of carbonyl (C=O) groups excluding carboxylic acids is 1. The van der Waals surface area contributed by atoms with E-state index in [1.165, 1.54) is 0 Å². The Morgan fingerprint density at radius 1 is 1.50 bits per heavy atom. The lowest BCUT2D eigenvalue weighted by Crippen LogP contribution is -2.38. The van der Waals surface area contributed by atoms with Crippen molar-refractivity contribution in [2.24, 2.45) is 5.41 Å². The number of halogens is 2. The number of amides is 1. The van der Waals surface area contributed by atoms with Crippen LogP contribution in [0.5, 0.6) is 0 Å². The lowest BCUT2D eigenvalue weighted by Gasteiger charge is -2.23. The fourth-order valence-electron chi connectivity index (χ4n) is 1.68. The molecule has 2 fully saturated rings. The minimum Gasteiger partial charge on any atom is -0.350 e. The zero-order valence-electron chi connectivity index (χ0n) is 9.09. The number of alkyl halides is 2. The van der Waals surface area contributed by atoms with Crippen molar-refractivity contribution in [3.05, 3.63) is 0 Å². The smallest absolute Gasteiger partial charge is 0.252 e. The Labute approximate surface area is 105 Å². The lowest BCUT2D eigenvalue weighted by atomic mass is 10.1. The molecule has 0 radical (unpaired) electrons. The van der Waals surface area contributed by atoms with Gasteiger partial charge in [0.1, 0.15) is 4.33 Å². The van der Waals surface area contributed by atoms with Crippen molar-refractivity contribution in [2.45, 2.75) is 43.2 Å². The van der Waals surface area contributed by atoms with Crippen LogP contribution in [0.1, 0.15) is 32.6 Å². The number of hydrogen-bond donors (Lipinski definition) is 1. The van der Waals surface area contributed by atoms with Gasteiger partial charge in [0.05, 0.1) is 5.41 Å². The van der Waals surface area contributed by atoms with Crippen LogP contribution in [0.4, 0.5) is 0 Å². The summed E-state index contributed by atoms with van der Waals surface area (Å²) in [5.41, 5.74) is 1.63. The quantitative estimate of drug-likeness (QED) is 0.630. The van der Waals surface area contributed by atoms with Crippen LogP contribution >= 0.6 is 23.2 Å². The van der Waals surface area contributed by atoms with Crippen LogP contribution in [-0.4, -0.2) is 23.1 Å². The molecule has 0 spiro atoms. The maximum Gasteiger partial charge on any atom is 0.252 e. The first kappa shape index (κ1) is 12.4. The molecule has 4 nitrogen and oxygen atoms in total. The molecular weight excluding hydrogens is 253 g/mol. The zero-order chi connectivity index (χ0) is 11.8. The molecule has 0 bridgehead atoms. The average molecular weight is 268 g/mol. The largest absolute Gasteiger partial charge is 0.350 e. The number of hydroxylamine groups is 1. The molecular formula is C10H15Cl2NO3. The van der Waals surface area contributed by atoms with Gasteiger partial charge >= 0.3 is 0 Å². The molecule has 0 aromatic carbocycles. The summed E-state index contributed by atoms with van der Waals surface area (Å²) >= 11 is 11.8. The van der Waals surface area contributed by atoms with Gasteiger partial charge in [0, 0.05) is 13.0 Å². The highest BCUT2D eigenvalue weighted by Gasteiger charge is 2.68. The summed E-state index contributed by atoms with van der Waals surface area (Å²) in [6.07, 6.45) is 2.98. The zero-order valence-corrected chi connectivity index (χ0v) is 10.6. The van der Waals surface area contributed by atoms with E-state index < -0.39 is 9.75 Å². The Balaban J connectivity index is 1.76. The van der Waals surface area contributed by atoms with E-state index in [0.29, 0.717) is 13.0 Å². The molecule has 1 saturated carbocycles. The van der Waals surface area contributed by atoms with Crippen molar-refractivity contribution < 1.29 is 14.4 Å². The van der Waals surface area contributed by atoms with E-state index in [9.17, 15) is 4.79 Å². The molecule has 1 saturated heterocycles. The summed E-state index contributed by atoms with van der Waals surface area (Å²) in [7, 11) is 0. The standard InChI is InChI=1S/C10H15Cl2NO3/c1-9(6-10(9,11)12)8(14)13-16-7-4-2-3-5-15-7/h7H,2-6H2,1H3,(H,13,14)/t7-,9+/m1/s1. The van der Waals surface area contributed by atoms with Crippen LogP contribution in [0.25, 0.3) is 0 Å². The van der Waals surface area contributed by atoms with Crippen LogP contribution < -0.4 is 5.48 Å². The fourth-order valence-corrected chi connectivity index (χ4v) is 2.39. The second-order valence-corrected chi connectivity index (χ2v) is 6.04. The van der Waals surface area contributed by atoms with E-state index in [2.05, 4.69) is 5.48 Å². The van der Waals surface area contributed by atoms with E-state index in [1.54, 1.807) is 6.92 Å². The van der Waals surface area contributed by atoms with Gasteiger partial charge in [-0.1, -0.05) is 0 Å². The molecule has 1 aliphatic heterocycles. The monoisotopic (exact) mass is 267 g/mol. The van der Waals surface area contributed by atoms with Gasteiger partial charge in [-0.15, -0.1) is 23.2 Å². The summed E-state index contributed by atoms with van der Waals surface area (Å²) in [5, 5.41) is 0. The van der Waals surface area contributed by atoms with Gasteiger partial charge in [-0.05, 0) is 26.2 Å². The summed E-state index contributed by atoms with van der Waals surface area (Å²) < 4.78 is 4.35. The molecule has 1 amide bonds. The molecule has 2 aliphatic rings. The van der Waals surface area contributed by atoms with Crippen molar-refractivity contribution >= 4 is 29.1 Å². The average Bonchev–Trinajstić information content (AvgIpc) is 2.78. The van der Waals surface area contributed by atoms with Gasteiger partial charge in [-0.25, -0.2) is 10.3 Å². The molecule has 0 aromatic rings. The number of carbonyl (C=O) groups is 1. The van der Waals surface area contributed by atoms with E-state index in [0.717, 1.165) is 19.3 Å². The molecule has 92 valence electrons. The Bertz CT molecular complexity index is 292. The molecule has 16 heavy (non-hydrogen) atoms. The third kappa shape index (κ3) is 2.30. The topological polar surface area (TPSA) is 47.6 Å². The number of ether oxygens (including phenoxy) is 1. The molecule has 6 heteroatoms. The highest BCUT2D eigenvalue weighted by atomic mass is 35.5. The number of hydrogen-bond acceptors (Lipinski definition) is 3. The van der Waals surface area contributed by atoms with Gasteiger partial charge in [-0.2, -0.15) is 0 Å². The first-order chi connectivity index (χ1) is 7.46. The van der Waals surface area contributed by atoms with Crippen molar-refractivity contribution in [3.63, 3.8) is 0 Å². The van der Waals surface area contributed by atoms with E-state index in [-0.39, 0.29) is 12.2 Å². The Kier molecular flexibility index (Phi) is 3.36. The Morgan fingerprint density at radius 2 is 2.19 bits per heavy atom. The third-order valence-electron chi connectivity index (χ3n) is 3.18. The third-order valence-corrected chi connectivity index (χ3v) is 4.28. The maximum atomic E-state index is 11.7. The van der Waals surface area contributed by atoms with Crippen LogP contribution in [-0.2, 0) is 14.4 Å². The molecule has 1 N–H and O–H groups in total. The van der Waals surface area contributed by atoms with E-state index >= 15 is 0 Å². The second kappa shape index (κ2) is 4.33. The minimum atomic E-state index is -0.964. The predicted molar refractivity (Wildman–Crippen MR) is 60.0 cm³/mol. The Morgan fingerprint density at radius 3 is 2.69 bits per heavy atom. The molecule has 1 heterocycles. The summed E-state index contributed by atoms with van der Waals surface area (Å²) in [4.78, 5) is 16.9. The fraction of sp³-hybridized carbons (Fsp3) is 0.900. The summed E-state index contributed by atoms with van der Waals surface area (Å²) in [6.45, 7) is 2.39. The van der Waals surface area contributed by atoms with Crippen molar-refractivity contribution in [3.8, 4) is 0 Å². The number of rotatable bonds is 3. The van der Waals surface area contributed by atoms with Gasteiger partial charge in [0.2, 0.25) is 0 Å². The van der Waals surface area contributed by atoms with Gasteiger partial charge in [-0.3, -0.25) is 4.79 Å². The lowest BCUT2D eigenvalue weighted by molar-refractivity contribution is -0.202. The normalized spacial score (nSPS) is 36.8. The van der Waals surface area contributed by atoms with Gasteiger partial charge < -0.3 is 4.74 Å². The predicted octanol–water partition coefficient (Wildman–Crippen LogP) is 2.14. The molecule has 1 aliphatic carbocycles.